The highest BCUT2D eigenvalue weighted by molar-refractivity contribution is 5.94. The van der Waals surface area contributed by atoms with E-state index in [2.05, 4.69) is 20.2 Å². The Bertz CT molecular complexity index is 1180. The van der Waals surface area contributed by atoms with E-state index in [1.54, 1.807) is 41.4 Å². The number of likely N-dealkylation sites (N-methyl/N-ethyl adjacent to an activating group) is 1. The van der Waals surface area contributed by atoms with Gasteiger partial charge in [0.15, 0.2) is 0 Å². The van der Waals surface area contributed by atoms with Gasteiger partial charge in [-0.15, -0.1) is 0 Å². The van der Waals surface area contributed by atoms with E-state index in [9.17, 15) is 14.0 Å². The highest BCUT2D eigenvalue weighted by Crippen LogP contribution is 2.20. The third-order valence-corrected chi connectivity index (χ3v) is 6.33. The topological polar surface area (TPSA) is 98.7 Å². The second kappa shape index (κ2) is 11.7. The van der Waals surface area contributed by atoms with Gasteiger partial charge < -0.3 is 20.2 Å². The summed E-state index contributed by atoms with van der Waals surface area (Å²) in [5.74, 6) is 0.128. The molecule has 0 radical (unpaired) electrons. The Morgan fingerprint density at radius 2 is 1.83 bits per heavy atom. The molecule has 2 N–H and O–H groups in total. The number of aliphatic hydroxyl groups excluding tert-OH is 1. The van der Waals surface area contributed by atoms with Crippen LogP contribution in [0.3, 0.4) is 0 Å². The van der Waals surface area contributed by atoms with Crippen LogP contribution in [-0.2, 0) is 0 Å². The summed E-state index contributed by atoms with van der Waals surface area (Å²) in [6.45, 7) is 4.07. The minimum atomic E-state index is -0.330. The second-order valence-electron chi connectivity index (χ2n) is 8.69. The van der Waals surface area contributed by atoms with Gasteiger partial charge in [0.2, 0.25) is 0 Å². The summed E-state index contributed by atoms with van der Waals surface area (Å²) in [4.78, 5) is 37.7. The van der Waals surface area contributed by atoms with E-state index in [1.807, 2.05) is 13.0 Å². The Morgan fingerprint density at radius 3 is 2.44 bits per heavy atom. The Morgan fingerprint density at radius 1 is 1.08 bits per heavy atom. The number of hydrogen-bond acceptors (Lipinski definition) is 6. The van der Waals surface area contributed by atoms with Crippen LogP contribution in [0.1, 0.15) is 40.5 Å². The molecule has 0 unspecified atom stereocenters. The lowest BCUT2D eigenvalue weighted by Crippen LogP contribution is -2.45. The van der Waals surface area contributed by atoms with Gasteiger partial charge in [0, 0.05) is 50.2 Å². The quantitative estimate of drug-likeness (QED) is 0.502. The summed E-state index contributed by atoms with van der Waals surface area (Å²) in [6, 6.07) is 13.2. The molecule has 4 rings (SSSR count). The number of carbonyl (C=O) groups is 2. The van der Waals surface area contributed by atoms with Crippen LogP contribution in [0.5, 0.6) is 0 Å². The lowest BCUT2D eigenvalue weighted by atomic mass is 10.0. The van der Waals surface area contributed by atoms with Crippen LogP contribution < -0.4 is 10.2 Å². The van der Waals surface area contributed by atoms with Crippen LogP contribution in [0.4, 0.5) is 10.2 Å². The summed E-state index contributed by atoms with van der Waals surface area (Å²) in [5.41, 5.74) is 2.22. The molecule has 3 aromatic rings. The van der Waals surface area contributed by atoms with Crippen LogP contribution in [0.15, 0.2) is 60.9 Å². The molecule has 1 aromatic carbocycles. The number of nitrogens with zero attached hydrogens (tertiary/aromatic N) is 4. The maximum absolute atomic E-state index is 13.5. The molecule has 0 saturated carbocycles. The number of pyridine rings is 2. The SMILES string of the molecule is CCN(CCO)C(=O)c1ccc(N2CCC(NC(=O)c3ccc(-c4cccc(F)c4)nc3)CC2)nc1. The van der Waals surface area contributed by atoms with E-state index in [1.165, 1.54) is 18.3 Å². The van der Waals surface area contributed by atoms with Gasteiger partial charge in [-0.3, -0.25) is 14.6 Å². The van der Waals surface area contributed by atoms with E-state index in [-0.39, 0.29) is 30.3 Å². The molecule has 3 heterocycles. The number of piperidine rings is 1. The lowest BCUT2D eigenvalue weighted by Gasteiger charge is -2.33. The number of carbonyl (C=O) groups excluding carboxylic acids is 2. The van der Waals surface area contributed by atoms with Crippen LogP contribution in [0, 0.1) is 5.82 Å². The van der Waals surface area contributed by atoms with Gasteiger partial charge in [-0.1, -0.05) is 12.1 Å². The molecule has 1 aliphatic heterocycles. The molecule has 2 amide bonds. The van der Waals surface area contributed by atoms with Gasteiger partial charge in [-0.05, 0) is 56.2 Å². The van der Waals surface area contributed by atoms with Crippen molar-refractivity contribution in [3.05, 3.63) is 77.9 Å². The van der Waals surface area contributed by atoms with Crippen molar-refractivity contribution in [2.24, 2.45) is 0 Å². The van der Waals surface area contributed by atoms with Crippen molar-refractivity contribution in [3.8, 4) is 11.3 Å². The normalized spacial score (nSPS) is 13.9. The third kappa shape index (κ3) is 6.04. The molecular formula is C27H30FN5O3. The van der Waals surface area contributed by atoms with Crippen molar-refractivity contribution < 1.29 is 19.1 Å². The Labute approximate surface area is 209 Å². The molecule has 0 spiro atoms. The van der Waals surface area contributed by atoms with Gasteiger partial charge in [-0.2, -0.15) is 0 Å². The Hall–Kier alpha value is -3.85. The first-order chi connectivity index (χ1) is 17.5. The zero-order valence-electron chi connectivity index (χ0n) is 20.2. The number of anilines is 1. The summed E-state index contributed by atoms with van der Waals surface area (Å²) in [6.07, 6.45) is 4.62. The van der Waals surface area contributed by atoms with E-state index in [0.717, 1.165) is 31.7 Å². The van der Waals surface area contributed by atoms with E-state index >= 15 is 0 Å². The standard InChI is InChI=1S/C27H30FN5O3/c1-2-32(14-15-34)27(36)21-7-9-25(30-18-21)33-12-10-23(11-13-33)31-26(35)20-6-8-24(29-17-20)19-4-3-5-22(28)16-19/h3-9,16-18,23,34H,2,10-15H2,1H3,(H,31,35). The van der Waals surface area contributed by atoms with Gasteiger partial charge in [0.05, 0.1) is 23.4 Å². The predicted molar refractivity (Wildman–Crippen MR) is 135 cm³/mol. The lowest BCUT2D eigenvalue weighted by molar-refractivity contribution is 0.0731. The molecule has 0 bridgehead atoms. The summed E-state index contributed by atoms with van der Waals surface area (Å²) < 4.78 is 13.5. The smallest absolute Gasteiger partial charge is 0.255 e. The maximum atomic E-state index is 13.5. The van der Waals surface area contributed by atoms with Crippen molar-refractivity contribution >= 4 is 17.6 Å². The van der Waals surface area contributed by atoms with Gasteiger partial charge in [0.25, 0.3) is 11.8 Å². The summed E-state index contributed by atoms with van der Waals surface area (Å²) in [7, 11) is 0. The first kappa shape index (κ1) is 25.2. The summed E-state index contributed by atoms with van der Waals surface area (Å²) >= 11 is 0. The van der Waals surface area contributed by atoms with Crippen LogP contribution in [-0.4, -0.2) is 70.6 Å². The van der Waals surface area contributed by atoms with Crippen LogP contribution in [0.25, 0.3) is 11.3 Å². The molecule has 0 atom stereocenters. The molecule has 1 aliphatic rings. The molecule has 2 aromatic heterocycles. The highest BCUT2D eigenvalue weighted by Gasteiger charge is 2.23. The van der Waals surface area contributed by atoms with E-state index in [0.29, 0.717) is 35.5 Å². The maximum Gasteiger partial charge on any atom is 0.255 e. The fourth-order valence-corrected chi connectivity index (χ4v) is 4.27. The van der Waals surface area contributed by atoms with Crippen molar-refractivity contribution in [1.82, 2.24) is 20.2 Å². The molecule has 0 aliphatic carbocycles. The zero-order valence-corrected chi connectivity index (χ0v) is 20.2. The minimum Gasteiger partial charge on any atom is -0.395 e. The number of benzene rings is 1. The molecule has 188 valence electrons. The van der Waals surface area contributed by atoms with E-state index in [4.69, 9.17) is 5.11 Å². The largest absolute Gasteiger partial charge is 0.395 e. The van der Waals surface area contributed by atoms with Crippen molar-refractivity contribution in [1.29, 1.82) is 0 Å². The number of halogens is 1. The molecule has 36 heavy (non-hydrogen) atoms. The summed E-state index contributed by atoms with van der Waals surface area (Å²) in [5, 5.41) is 12.2. The Balaban J connectivity index is 1.29. The number of aromatic nitrogens is 2. The third-order valence-electron chi connectivity index (χ3n) is 6.33. The predicted octanol–water partition coefficient (Wildman–Crippen LogP) is 3.14. The van der Waals surface area contributed by atoms with Crippen LogP contribution in [0.2, 0.25) is 0 Å². The first-order valence-electron chi connectivity index (χ1n) is 12.1. The average Bonchev–Trinajstić information content (AvgIpc) is 2.92. The number of rotatable bonds is 8. The van der Waals surface area contributed by atoms with Gasteiger partial charge in [0.1, 0.15) is 11.6 Å². The molecular weight excluding hydrogens is 461 g/mol. The molecule has 1 saturated heterocycles. The molecule has 8 nitrogen and oxygen atoms in total. The first-order valence-corrected chi connectivity index (χ1v) is 12.1. The molecule has 1 fully saturated rings. The van der Waals surface area contributed by atoms with E-state index < -0.39 is 0 Å². The number of amides is 2. The fraction of sp³-hybridized carbons (Fsp3) is 0.333. The van der Waals surface area contributed by atoms with Gasteiger partial charge >= 0.3 is 0 Å². The van der Waals surface area contributed by atoms with Gasteiger partial charge in [-0.25, -0.2) is 9.37 Å². The number of hydrogen-bond donors (Lipinski definition) is 2. The number of nitrogens with one attached hydrogen (secondary N) is 1. The van der Waals surface area contributed by atoms with Crippen molar-refractivity contribution in [2.45, 2.75) is 25.8 Å². The fourth-order valence-electron chi connectivity index (χ4n) is 4.27. The van der Waals surface area contributed by atoms with Crippen LogP contribution >= 0.6 is 0 Å². The highest BCUT2D eigenvalue weighted by atomic mass is 19.1. The average molecular weight is 492 g/mol. The second-order valence-corrected chi connectivity index (χ2v) is 8.69. The zero-order chi connectivity index (χ0) is 25.5. The number of aliphatic hydroxyl groups is 1. The molecule has 9 heteroatoms. The Kier molecular flexibility index (Phi) is 8.22. The monoisotopic (exact) mass is 491 g/mol. The van der Waals surface area contributed by atoms with Crippen molar-refractivity contribution in [3.63, 3.8) is 0 Å². The van der Waals surface area contributed by atoms with Crippen molar-refractivity contribution in [2.75, 3.05) is 37.7 Å². The minimum absolute atomic E-state index is 0.0362.